The van der Waals surface area contributed by atoms with E-state index in [9.17, 15) is 9.90 Å². The summed E-state index contributed by atoms with van der Waals surface area (Å²) in [5.74, 6) is -0.0396. The van der Waals surface area contributed by atoms with Gasteiger partial charge >= 0.3 is 5.69 Å². The van der Waals surface area contributed by atoms with Gasteiger partial charge in [0.1, 0.15) is 5.69 Å². The van der Waals surface area contributed by atoms with Crippen LogP contribution >= 0.6 is 0 Å². The summed E-state index contributed by atoms with van der Waals surface area (Å²) in [4.78, 5) is 16.3. The van der Waals surface area contributed by atoms with E-state index in [0.29, 0.717) is 5.69 Å². The van der Waals surface area contributed by atoms with Crippen molar-refractivity contribution in [3.63, 3.8) is 0 Å². The molecule has 0 amide bonds. The van der Waals surface area contributed by atoms with Crippen molar-refractivity contribution in [2.45, 2.75) is 6.92 Å². The van der Waals surface area contributed by atoms with Crippen LogP contribution in [0.1, 0.15) is 18.2 Å². The quantitative estimate of drug-likeness (QED) is 0.861. The molecule has 0 bridgehead atoms. The Morgan fingerprint density at radius 3 is 2.55 bits per heavy atom. The van der Waals surface area contributed by atoms with Crippen LogP contribution in [-0.4, -0.2) is 20.0 Å². The predicted octanol–water partition coefficient (Wildman–Crippen LogP) is 2.08. The molecule has 0 radical (unpaired) electrons. The molecule has 0 saturated carbocycles. The third-order valence-corrected chi connectivity index (χ3v) is 3.64. The lowest BCUT2D eigenvalue weighted by molar-refractivity contribution is 0.428. The largest absolute Gasteiger partial charge is 0.493 e. The zero-order chi connectivity index (χ0) is 14.4. The number of nitrogens with zero attached hydrogens (tertiary/aromatic N) is 3. The maximum atomic E-state index is 11.8. The first-order chi connectivity index (χ1) is 9.50. The average Bonchev–Trinajstić information content (AvgIpc) is 2.85. The van der Waals surface area contributed by atoms with Gasteiger partial charge in [0.25, 0.3) is 0 Å². The molecule has 0 unspecified atom stereocenters. The Labute approximate surface area is 116 Å². The fourth-order valence-corrected chi connectivity index (χ4v) is 2.46. The number of hydrogen-bond acceptors (Lipinski definition) is 3. The van der Waals surface area contributed by atoms with Crippen molar-refractivity contribution < 1.29 is 5.11 Å². The molecule has 1 N–H and O–H groups in total. The minimum Gasteiger partial charge on any atom is -0.493 e. The van der Waals surface area contributed by atoms with E-state index in [1.807, 2.05) is 31.2 Å². The third kappa shape index (κ3) is 1.63. The van der Waals surface area contributed by atoms with Crippen LogP contribution in [0, 0.1) is 0 Å². The van der Waals surface area contributed by atoms with Gasteiger partial charge in [-0.25, -0.2) is 4.79 Å². The maximum absolute atomic E-state index is 11.8. The van der Waals surface area contributed by atoms with E-state index >= 15 is 0 Å². The molecule has 0 atom stereocenters. The summed E-state index contributed by atoms with van der Waals surface area (Å²) in [6.45, 7) is 1.92. The maximum Gasteiger partial charge on any atom is 0.330 e. The van der Waals surface area contributed by atoms with Gasteiger partial charge in [0, 0.05) is 30.9 Å². The van der Waals surface area contributed by atoms with Gasteiger partial charge in [-0.05, 0) is 19.1 Å². The first-order valence-electron chi connectivity index (χ1n) is 6.32. The standard InChI is InChI=1S/C15H15N3O2/c1-9-11(10-6-4-5-7-12(10)16-9)8-13-14(19)18(3)15(20)17(13)2/h4-8,19H,1-3H3/b11-8-. The Bertz CT molecular complexity index is 822. The molecule has 1 aromatic heterocycles. The number of aromatic hydroxyl groups is 1. The van der Waals surface area contributed by atoms with E-state index < -0.39 is 0 Å². The van der Waals surface area contributed by atoms with Crippen LogP contribution in [0.3, 0.4) is 0 Å². The molecule has 0 spiro atoms. The summed E-state index contributed by atoms with van der Waals surface area (Å²) in [6.07, 6.45) is 1.81. The highest BCUT2D eigenvalue weighted by Crippen LogP contribution is 2.36. The van der Waals surface area contributed by atoms with Crippen molar-refractivity contribution in [2.24, 2.45) is 19.1 Å². The van der Waals surface area contributed by atoms with Crippen molar-refractivity contribution in [1.82, 2.24) is 9.13 Å². The number of hydrogen-bond donors (Lipinski definition) is 1. The average molecular weight is 269 g/mol. The van der Waals surface area contributed by atoms with Crippen molar-refractivity contribution >= 4 is 23.0 Å². The number of aliphatic imine (C=N–C) groups is 1. The number of fused-ring (bicyclic) bond motifs is 1. The molecule has 2 heterocycles. The highest BCUT2D eigenvalue weighted by atomic mass is 16.3. The second-order valence-electron chi connectivity index (χ2n) is 4.88. The Hall–Kier alpha value is -2.56. The number of para-hydroxylation sites is 1. The normalized spacial score (nSPS) is 15.6. The van der Waals surface area contributed by atoms with Gasteiger partial charge in [0.15, 0.2) is 0 Å². The summed E-state index contributed by atoms with van der Waals surface area (Å²) in [5.41, 5.74) is 3.96. The molecule has 2 aromatic rings. The summed E-state index contributed by atoms with van der Waals surface area (Å²) in [5, 5.41) is 10.1. The topological polar surface area (TPSA) is 59.5 Å². The summed E-state index contributed by atoms with van der Waals surface area (Å²) >= 11 is 0. The van der Waals surface area contributed by atoms with Crippen LogP contribution in [0.15, 0.2) is 34.1 Å². The van der Waals surface area contributed by atoms with Crippen LogP contribution < -0.4 is 5.69 Å². The molecular formula is C15H15N3O2. The first kappa shape index (κ1) is 12.5. The molecule has 3 rings (SSSR count). The molecule has 5 heteroatoms. The monoisotopic (exact) mass is 269 g/mol. The molecule has 5 nitrogen and oxygen atoms in total. The SMILES string of the molecule is CC1=Nc2ccccc2/C1=C\c1c(O)n(C)c(=O)n1C. The molecule has 102 valence electrons. The van der Waals surface area contributed by atoms with Crippen LogP contribution in [0.2, 0.25) is 0 Å². The van der Waals surface area contributed by atoms with Gasteiger partial charge in [-0.1, -0.05) is 18.2 Å². The number of allylic oxidation sites excluding steroid dienone is 1. The van der Waals surface area contributed by atoms with Crippen LogP contribution in [0.25, 0.3) is 11.6 Å². The van der Waals surface area contributed by atoms with E-state index in [1.54, 1.807) is 20.2 Å². The van der Waals surface area contributed by atoms with Gasteiger partial charge in [-0.15, -0.1) is 0 Å². The number of benzene rings is 1. The van der Waals surface area contributed by atoms with Gasteiger partial charge in [-0.3, -0.25) is 14.1 Å². The Morgan fingerprint density at radius 2 is 1.90 bits per heavy atom. The van der Waals surface area contributed by atoms with Crippen molar-refractivity contribution in [1.29, 1.82) is 0 Å². The second kappa shape index (κ2) is 4.23. The number of aromatic nitrogens is 2. The van der Waals surface area contributed by atoms with Crippen molar-refractivity contribution in [2.75, 3.05) is 0 Å². The smallest absolute Gasteiger partial charge is 0.330 e. The molecule has 1 aliphatic rings. The molecule has 0 fully saturated rings. The summed E-state index contributed by atoms with van der Waals surface area (Å²) in [7, 11) is 3.19. The van der Waals surface area contributed by atoms with E-state index in [2.05, 4.69) is 4.99 Å². The van der Waals surface area contributed by atoms with Gasteiger partial charge in [0.05, 0.1) is 5.69 Å². The van der Waals surface area contributed by atoms with E-state index in [1.165, 1.54) is 9.13 Å². The van der Waals surface area contributed by atoms with E-state index in [-0.39, 0.29) is 11.6 Å². The van der Waals surface area contributed by atoms with Crippen LogP contribution in [-0.2, 0) is 14.1 Å². The van der Waals surface area contributed by atoms with Gasteiger partial charge < -0.3 is 5.11 Å². The molecule has 1 aliphatic heterocycles. The Kier molecular flexibility index (Phi) is 2.64. The molecule has 20 heavy (non-hydrogen) atoms. The van der Waals surface area contributed by atoms with Crippen molar-refractivity contribution in [3.8, 4) is 5.88 Å². The Morgan fingerprint density at radius 1 is 1.20 bits per heavy atom. The number of rotatable bonds is 1. The summed E-state index contributed by atoms with van der Waals surface area (Å²) < 4.78 is 2.65. The Balaban J connectivity index is 2.23. The first-order valence-corrected chi connectivity index (χ1v) is 6.32. The molecule has 0 saturated heterocycles. The fourth-order valence-electron chi connectivity index (χ4n) is 2.46. The fraction of sp³-hybridized carbons (Fsp3) is 0.200. The van der Waals surface area contributed by atoms with E-state index in [4.69, 9.17) is 0 Å². The van der Waals surface area contributed by atoms with Crippen LogP contribution in [0.5, 0.6) is 5.88 Å². The highest BCUT2D eigenvalue weighted by molar-refractivity contribution is 6.31. The van der Waals surface area contributed by atoms with Crippen molar-refractivity contribution in [3.05, 3.63) is 46.0 Å². The minimum absolute atomic E-state index is 0.0396. The van der Waals surface area contributed by atoms with E-state index in [0.717, 1.165) is 22.5 Å². The third-order valence-electron chi connectivity index (χ3n) is 3.64. The molecule has 0 aliphatic carbocycles. The zero-order valence-corrected chi connectivity index (χ0v) is 11.6. The predicted molar refractivity (Wildman–Crippen MR) is 79.4 cm³/mol. The second-order valence-corrected chi connectivity index (χ2v) is 4.88. The van der Waals surface area contributed by atoms with Gasteiger partial charge in [0.2, 0.25) is 5.88 Å². The lowest BCUT2D eigenvalue weighted by atomic mass is 10.0. The summed E-state index contributed by atoms with van der Waals surface area (Å²) in [6, 6.07) is 7.82. The number of imidazole rings is 1. The molecule has 1 aromatic carbocycles. The highest BCUT2D eigenvalue weighted by Gasteiger charge is 2.20. The lowest BCUT2D eigenvalue weighted by Crippen LogP contribution is -2.19. The molecular weight excluding hydrogens is 254 g/mol. The minimum atomic E-state index is -0.254. The lowest BCUT2D eigenvalue weighted by Gasteiger charge is -2.02. The van der Waals surface area contributed by atoms with Gasteiger partial charge in [-0.2, -0.15) is 0 Å². The van der Waals surface area contributed by atoms with Crippen LogP contribution in [0.4, 0.5) is 5.69 Å². The zero-order valence-electron chi connectivity index (χ0n) is 11.6.